The monoisotopic (exact) mass is 266 g/mol. The van der Waals surface area contributed by atoms with Crippen LogP contribution in [0, 0.1) is 0 Å². The fourth-order valence-corrected chi connectivity index (χ4v) is 3.14. The van der Waals surface area contributed by atoms with Crippen molar-refractivity contribution in [2.45, 2.75) is 45.8 Å². The Labute approximate surface area is 111 Å². The highest BCUT2D eigenvalue weighted by atomic mass is 32.1. The molecule has 2 atom stereocenters. The molecule has 1 aliphatic heterocycles. The second-order valence-electron chi connectivity index (χ2n) is 4.59. The molecular weight excluding hydrogens is 248 g/mol. The van der Waals surface area contributed by atoms with Gasteiger partial charge < -0.3 is 10.2 Å². The Morgan fingerprint density at radius 3 is 2.78 bits per heavy atom. The average molecular weight is 266 g/mol. The molecule has 0 spiro atoms. The van der Waals surface area contributed by atoms with Gasteiger partial charge in [-0.2, -0.15) is 0 Å². The van der Waals surface area contributed by atoms with Gasteiger partial charge in [0.25, 0.3) is 0 Å². The van der Waals surface area contributed by atoms with Crippen LogP contribution >= 0.6 is 11.3 Å². The third kappa shape index (κ3) is 2.27. The van der Waals surface area contributed by atoms with Crippen LogP contribution in [-0.2, 0) is 22.6 Å². The summed E-state index contributed by atoms with van der Waals surface area (Å²) in [5, 5.41) is 4.73. The maximum absolute atomic E-state index is 12.1. The van der Waals surface area contributed by atoms with E-state index >= 15 is 0 Å². The number of carbonyl (C=O) groups is 2. The topological polar surface area (TPSA) is 49.4 Å². The standard InChI is InChI=1S/C13H18N2O2S/c1-4-10-5-6-18-11(10)7-15-9(3)12(16)14-8(2)13(15)17/h5-6,8-9H,4,7H2,1-3H3,(H,14,16). The zero-order valence-corrected chi connectivity index (χ0v) is 11.7. The lowest BCUT2D eigenvalue weighted by atomic mass is 10.1. The van der Waals surface area contributed by atoms with Crippen LogP contribution in [0.2, 0.25) is 0 Å². The summed E-state index contributed by atoms with van der Waals surface area (Å²) >= 11 is 1.65. The lowest BCUT2D eigenvalue weighted by Crippen LogP contribution is -2.60. The van der Waals surface area contributed by atoms with E-state index in [1.54, 1.807) is 30.1 Å². The number of hydrogen-bond acceptors (Lipinski definition) is 3. The number of amides is 2. The molecule has 0 aliphatic carbocycles. The lowest BCUT2D eigenvalue weighted by Gasteiger charge is -2.36. The average Bonchev–Trinajstić information content (AvgIpc) is 2.79. The number of carbonyl (C=O) groups excluding carboxylic acids is 2. The van der Waals surface area contributed by atoms with Gasteiger partial charge in [-0.05, 0) is 37.3 Å². The quantitative estimate of drug-likeness (QED) is 0.902. The molecule has 0 radical (unpaired) electrons. The third-order valence-corrected chi connectivity index (χ3v) is 4.34. The number of piperazine rings is 1. The molecule has 0 aromatic carbocycles. The summed E-state index contributed by atoms with van der Waals surface area (Å²) in [6.07, 6.45) is 0.955. The van der Waals surface area contributed by atoms with Crippen molar-refractivity contribution in [2.75, 3.05) is 0 Å². The molecule has 2 rings (SSSR count). The number of aryl methyl sites for hydroxylation is 1. The molecule has 1 fully saturated rings. The molecule has 1 saturated heterocycles. The van der Waals surface area contributed by atoms with Crippen molar-refractivity contribution in [3.63, 3.8) is 0 Å². The highest BCUT2D eigenvalue weighted by molar-refractivity contribution is 7.10. The molecule has 1 aliphatic rings. The van der Waals surface area contributed by atoms with E-state index in [1.807, 2.05) is 5.38 Å². The SMILES string of the molecule is CCc1ccsc1CN1C(=O)C(C)NC(=O)C1C. The van der Waals surface area contributed by atoms with Crippen molar-refractivity contribution >= 4 is 23.2 Å². The summed E-state index contributed by atoms with van der Waals surface area (Å²) in [6.45, 7) is 6.15. The highest BCUT2D eigenvalue weighted by Crippen LogP contribution is 2.22. The van der Waals surface area contributed by atoms with Crippen LogP contribution in [0.15, 0.2) is 11.4 Å². The predicted molar refractivity (Wildman–Crippen MR) is 71.3 cm³/mol. The molecule has 18 heavy (non-hydrogen) atoms. The smallest absolute Gasteiger partial charge is 0.245 e. The molecule has 1 N–H and O–H groups in total. The summed E-state index contributed by atoms with van der Waals surface area (Å²) in [5.41, 5.74) is 1.26. The zero-order chi connectivity index (χ0) is 13.3. The van der Waals surface area contributed by atoms with Crippen molar-refractivity contribution in [1.29, 1.82) is 0 Å². The molecule has 2 heterocycles. The first-order chi connectivity index (χ1) is 8.54. The third-order valence-electron chi connectivity index (χ3n) is 3.39. The number of nitrogens with zero attached hydrogens (tertiary/aromatic N) is 1. The largest absolute Gasteiger partial charge is 0.343 e. The van der Waals surface area contributed by atoms with Crippen LogP contribution in [0.1, 0.15) is 31.2 Å². The van der Waals surface area contributed by atoms with Gasteiger partial charge in [-0.3, -0.25) is 9.59 Å². The molecular formula is C13H18N2O2S. The summed E-state index contributed by atoms with van der Waals surface area (Å²) in [4.78, 5) is 26.7. The van der Waals surface area contributed by atoms with Crippen molar-refractivity contribution in [3.05, 3.63) is 21.9 Å². The number of rotatable bonds is 3. The Morgan fingerprint density at radius 2 is 2.11 bits per heavy atom. The van der Waals surface area contributed by atoms with Crippen LogP contribution in [-0.4, -0.2) is 28.8 Å². The molecule has 5 heteroatoms. The molecule has 1 aromatic heterocycles. The lowest BCUT2D eigenvalue weighted by molar-refractivity contribution is -0.148. The van der Waals surface area contributed by atoms with E-state index in [0.29, 0.717) is 6.54 Å². The molecule has 2 amide bonds. The summed E-state index contributed by atoms with van der Waals surface area (Å²) in [5.74, 6) is -0.0748. The molecule has 0 saturated carbocycles. The van der Waals surface area contributed by atoms with E-state index < -0.39 is 6.04 Å². The minimum atomic E-state index is -0.418. The van der Waals surface area contributed by atoms with Crippen molar-refractivity contribution in [1.82, 2.24) is 10.2 Å². The first-order valence-electron chi connectivity index (χ1n) is 6.20. The second-order valence-corrected chi connectivity index (χ2v) is 5.60. The Hall–Kier alpha value is -1.36. The van der Waals surface area contributed by atoms with Crippen LogP contribution in [0.25, 0.3) is 0 Å². The van der Waals surface area contributed by atoms with Gasteiger partial charge in [-0.15, -0.1) is 11.3 Å². The highest BCUT2D eigenvalue weighted by Gasteiger charge is 2.35. The van der Waals surface area contributed by atoms with Gasteiger partial charge in [-0.1, -0.05) is 6.92 Å². The number of nitrogens with one attached hydrogen (secondary N) is 1. The van der Waals surface area contributed by atoms with E-state index in [4.69, 9.17) is 0 Å². The number of thiophene rings is 1. The normalized spacial score (nSPS) is 24.3. The van der Waals surface area contributed by atoms with E-state index in [9.17, 15) is 9.59 Å². The van der Waals surface area contributed by atoms with E-state index in [-0.39, 0.29) is 17.9 Å². The van der Waals surface area contributed by atoms with Gasteiger partial charge >= 0.3 is 0 Å². The Balaban J connectivity index is 2.20. The first-order valence-corrected chi connectivity index (χ1v) is 7.08. The van der Waals surface area contributed by atoms with Gasteiger partial charge in [-0.25, -0.2) is 0 Å². The van der Waals surface area contributed by atoms with Gasteiger partial charge in [0.1, 0.15) is 12.1 Å². The van der Waals surface area contributed by atoms with Crippen LogP contribution in [0.3, 0.4) is 0 Å². The summed E-state index contributed by atoms with van der Waals surface area (Å²) < 4.78 is 0. The fraction of sp³-hybridized carbons (Fsp3) is 0.538. The minimum Gasteiger partial charge on any atom is -0.343 e. The van der Waals surface area contributed by atoms with Crippen molar-refractivity contribution < 1.29 is 9.59 Å². The van der Waals surface area contributed by atoms with Crippen molar-refractivity contribution in [2.24, 2.45) is 0 Å². The van der Waals surface area contributed by atoms with Gasteiger partial charge in [0.2, 0.25) is 11.8 Å². The maximum atomic E-state index is 12.1. The molecule has 2 unspecified atom stereocenters. The van der Waals surface area contributed by atoms with Crippen LogP contribution in [0.5, 0.6) is 0 Å². The van der Waals surface area contributed by atoms with Crippen LogP contribution < -0.4 is 5.32 Å². The van der Waals surface area contributed by atoms with Gasteiger partial charge in [0.05, 0.1) is 6.54 Å². The number of hydrogen-bond donors (Lipinski definition) is 1. The Morgan fingerprint density at radius 1 is 1.39 bits per heavy atom. The van der Waals surface area contributed by atoms with E-state index in [2.05, 4.69) is 18.3 Å². The summed E-state index contributed by atoms with van der Waals surface area (Å²) in [6, 6.07) is 1.28. The Kier molecular flexibility index (Phi) is 3.71. The molecule has 1 aromatic rings. The van der Waals surface area contributed by atoms with Crippen molar-refractivity contribution in [3.8, 4) is 0 Å². The predicted octanol–water partition coefficient (Wildman–Crippen LogP) is 1.55. The maximum Gasteiger partial charge on any atom is 0.245 e. The molecule has 98 valence electrons. The second kappa shape index (κ2) is 5.10. The van der Waals surface area contributed by atoms with Gasteiger partial charge in [0, 0.05) is 4.88 Å². The van der Waals surface area contributed by atoms with E-state index in [0.717, 1.165) is 6.42 Å². The fourth-order valence-electron chi connectivity index (χ4n) is 2.17. The first kappa shape index (κ1) is 13.1. The zero-order valence-electron chi connectivity index (χ0n) is 10.9. The minimum absolute atomic E-state index is 0.00227. The summed E-state index contributed by atoms with van der Waals surface area (Å²) in [7, 11) is 0. The molecule has 0 bridgehead atoms. The van der Waals surface area contributed by atoms with E-state index in [1.165, 1.54) is 10.4 Å². The van der Waals surface area contributed by atoms with Crippen LogP contribution in [0.4, 0.5) is 0 Å². The van der Waals surface area contributed by atoms with Gasteiger partial charge in [0.15, 0.2) is 0 Å². The Bertz CT molecular complexity index is 469. The molecule has 4 nitrogen and oxygen atoms in total.